The molecule has 1 saturated heterocycles. The van der Waals surface area contributed by atoms with Crippen molar-refractivity contribution in [2.75, 3.05) is 5.32 Å². The number of carbonyl (C=O) groups excluding carboxylic acids is 3. The van der Waals surface area contributed by atoms with Crippen LogP contribution in [0.3, 0.4) is 0 Å². The number of halogens is 2. The lowest BCUT2D eigenvalue weighted by Crippen LogP contribution is -2.57. The van der Waals surface area contributed by atoms with E-state index in [1.54, 1.807) is 24.3 Å². The molecule has 214 valence electrons. The van der Waals surface area contributed by atoms with E-state index in [2.05, 4.69) is 5.32 Å². The van der Waals surface area contributed by atoms with Crippen LogP contribution >= 0.6 is 23.2 Å². The SMILES string of the molecule is O=C(Nc1cccc([N+](=O)[O-])c1)[C@H](Cc1ccccc1)N1C(=O)[C@@H]2[C@H](C1=O)C1(Cl)c3ccccc3C2(Cl)c2ccccc21. The average molecular weight is 612 g/mol. The molecule has 0 aromatic heterocycles. The molecule has 8 nitrogen and oxygen atoms in total. The molecule has 4 aromatic carbocycles. The van der Waals surface area contributed by atoms with Crippen molar-refractivity contribution in [2.24, 2.45) is 11.8 Å². The van der Waals surface area contributed by atoms with Crippen LogP contribution in [-0.2, 0) is 30.6 Å². The maximum atomic E-state index is 14.5. The monoisotopic (exact) mass is 611 g/mol. The van der Waals surface area contributed by atoms with Gasteiger partial charge in [-0.05, 0) is 33.9 Å². The molecule has 2 bridgehead atoms. The molecular weight excluding hydrogens is 589 g/mol. The van der Waals surface area contributed by atoms with Crippen LogP contribution < -0.4 is 5.32 Å². The van der Waals surface area contributed by atoms with Gasteiger partial charge >= 0.3 is 0 Å². The smallest absolute Gasteiger partial charge is 0.271 e. The summed E-state index contributed by atoms with van der Waals surface area (Å²) in [5.74, 6) is -3.97. The van der Waals surface area contributed by atoms with Crippen molar-refractivity contribution in [3.8, 4) is 0 Å². The van der Waals surface area contributed by atoms with Crippen LogP contribution in [0.4, 0.5) is 11.4 Å². The number of rotatable bonds is 6. The third kappa shape index (κ3) is 3.79. The second kappa shape index (κ2) is 9.76. The van der Waals surface area contributed by atoms with E-state index in [1.807, 2.05) is 54.6 Å². The molecule has 0 spiro atoms. The molecule has 1 N–H and O–H groups in total. The Balaban J connectivity index is 1.35. The maximum Gasteiger partial charge on any atom is 0.271 e. The van der Waals surface area contributed by atoms with Crippen molar-refractivity contribution in [1.82, 2.24) is 4.90 Å². The molecule has 1 heterocycles. The van der Waals surface area contributed by atoms with Gasteiger partial charge in [0.15, 0.2) is 0 Å². The molecule has 0 unspecified atom stereocenters. The summed E-state index contributed by atoms with van der Waals surface area (Å²) in [7, 11) is 0. The van der Waals surface area contributed by atoms with E-state index >= 15 is 0 Å². The topological polar surface area (TPSA) is 110 Å². The van der Waals surface area contributed by atoms with E-state index in [4.69, 9.17) is 23.2 Å². The summed E-state index contributed by atoms with van der Waals surface area (Å²) in [5.41, 5.74) is 3.32. The fraction of sp³-hybridized carbons (Fsp3) is 0.182. The van der Waals surface area contributed by atoms with Crippen molar-refractivity contribution in [1.29, 1.82) is 0 Å². The Morgan fingerprint density at radius 1 is 0.791 bits per heavy atom. The standard InChI is InChI=1S/C33H23Cl2N3O5/c34-32-22-13-4-5-14-23(22)33(35,25-16-7-6-15-24(25)32)28-27(32)30(40)37(31(28)41)26(17-19-9-2-1-3-10-19)29(39)36-20-11-8-12-21(18-20)38(42)43/h1-16,18,26-28H,17H2,(H,36,39)/t26-,27-,28+,32?,33?/m0/s1. The van der Waals surface area contributed by atoms with Crippen LogP contribution in [0.1, 0.15) is 27.8 Å². The minimum absolute atomic E-state index is 0.0169. The highest BCUT2D eigenvalue weighted by atomic mass is 35.5. The number of benzene rings is 4. The van der Waals surface area contributed by atoms with E-state index in [0.717, 1.165) is 4.90 Å². The first-order valence-electron chi connectivity index (χ1n) is 13.7. The summed E-state index contributed by atoms with van der Waals surface area (Å²) in [6.45, 7) is 0. The number of amides is 3. The number of nitro groups is 1. The lowest BCUT2D eigenvalue weighted by molar-refractivity contribution is -0.384. The van der Waals surface area contributed by atoms with Crippen molar-refractivity contribution < 1.29 is 19.3 Å². The van der Waals surface area contributed by atoms with Crippen LogP contribution in [0.2, 0.25) is 0 Å². The van der Waals surface area contributed by atoms with Gasteiger partial charge in [-0.1, -0.05) is 84.9 Å². The number of nitrogens with zero attached hydrogens (tertiary/aromatic N) is 2. The van der Waals surface area contributed by atoms with Gasteiger partial charge in [0.2, 0.25) is 17.7 Å². The summed E-state index contributed by atoms with van der Waals surface area (Å²) >= 11 is 15.1. The van der Waals surface area contributed by atoms with Gasteiger partial charge in [0, 0.05) is 24.2 Å². The van der Waals surface area contributed by atoms with Gasteiger partial charge in [0.1, 0.15) is 15.8 Å². The molecule has 4 aromatic rings. The summed E-state index contributed by atoms with van der Waals surface area (Å²) in [5, 5.41) is 14.0. The van der Waals surface area contributed by atoms with Crippen molar-refractivity contribution >= 4 is 52.3 Å². The lowest BCUT2D eigenvalue weighted by atomic mass is 9.54. The van der Waals surface area contributed by atoms with Gasteiger partial charge in [0.05, 0.1) is 16.8 Å². The first-order chi connectivity index (χ1) is 20.7. The zero-order valence-electron chi connectivity index (χ0n) is 22.4. The molecule has 1 aliphatic heterocycles. The molecule has 0 radical (unpaired) electrons. The Morgan fingerprint density at radius 3 is 1.77 bits per heavy atom. The summed E-state index contributed by atoms with van der Waals surface area (Å²) in [4.78, 5) is 52.0. The molecule has 0 saturated carbocycles. The minimum Gasteiger partial charge on any atom is -0.324 e. The predicted molar refractivity (Wildman–Crippen MR) is 161 cm³/mol. The molecule has 3 amide bonds. The zero-order valence-corrected chi connectivity index (χ0v) is 24.0. The Hall–Kier alpha value is -4.53. The maximum absolute atomic E-state index is 14.5. The first-order valence-corrected chi connectivity index (χ1v) is 14.5. The van der Waals surface area contributed by atoms with Crippen molar-refractivity contribution in [2.45, 2.75) is 22.2 Å². The molecule has 43 heavy (non-hydrogen) atoms. The third-order valence-electron chi connectivity index (χ3n) is 8.83. The molecule has 4 aliphatic rings. The van der Waals surface area contributed by atoms with E-state index < -0.39 is 50.3 Å². The number of alkyl halides is 2. The summed E-state index contributed by atoms with van der Waals surface area (Å²) in [6.07, 6.45) is 0.0169. The van der Waals surface area contributed by atoms with E-state index in [0.29, 0.717) is 27.8 Å². The number of anilines is 1. The minimum atomic E-state index is -1.39. The zero-order chi connectivity index (χ0) is 30.1. The number of nitro benzene ring substituents is 1. The normalized spacial score (nSPS) is 25.5. The van der Waals surface area contributed by atoms with Gasteiger partial charge < -0.3 is 5.32 Å². The lowest BCUT2D eigenvalue weighted by Gasteiger charge is -2.54. The van der Waals surface area contributed by atoms with Crippen LogP contribution in [0, 0.1) is 22.0 Å². The predicted octanol–water partition coefficient (Wildman–Crippen LogP) is 5.74. The first kappa shape index (κ1) is 27.3. The Morgan fingerprint density at radius 2 is 1.28 bits per heavy atom. The number of hydrogen-bond acceptors (Lipinski definition) is 5. The number of non-ortho nitro benzene ring substituents is 1. The molecule has 3 atom stereocenters. The highest BCUT2D eigenvalue weighted by Crippen LogP contribution is 2.69. The van der Waals surface area contributed by atoms with Gasteiger partial charge in [-0.3, -0.25) is 29.4 Å². The van der Waals surface area contributed by atoms with E-state index in [-0.39, 0.29) is 17.8 Å². The second-order valence-electron chi connectivity index (χ2n) is 11.0. The second-order valence-corrected chi connectivity index (χ2v) is 12.2. The van der Waals surface area contributed by atoms with Crippen LogP contribution in [-0.4, -0.2) is 33.6 Å². The molecule has 1 fully saturated rings. The Labute approximate surface area is 256 Å². The molecule has 10 heteroatoms. The van der Waals surface area contributed by atoms with Gasteiger partial charge in [0.25, 0.3) is 5.69 Å². The van der Waals surface area contributed by atoms with Gasteiger partial charge in [-0.15, -0.1) is 23.2 Å². The summed E-state index contributed by atoms with van der Waals surface area (Å²) < 4.78 is 0. The van der Waals surface area contributed by atoms with E-state index in [1.165, 1.54) is 24.3 Å². The number of carbonyl (C=O) groups is 3. The average Bonchev–Trinajstić information content (AvgIpc) is 3.29. The fourth-order valence-corrected chi connectivity index (χ4v) is 8.16. The fourth-order valence-electron chi connectivity index (χ4n) is 7.06. The Kier molecular flexibility index (Phi) is 6.20. The molecular formula is C33H23Cl2N3O5. The van der Waals surface area contributed by atoms with Gasteiger partial charge in [-0.2, -0.15) is 0 Å². The van der Waals surface area contributed by atoms with Crippen LogP contribution in [0.5, 0.6) is 0 Å². The van der Waals surface area contributed by atoms with Crippen molar-refractivity contribution in [3.05, 3.63) is 141 Å². The van der Waals surface area contributed by atoms with Crippen LogP contribution in [0.15, 0.2) is 103 Å². The number of likely N-dealkylation sites (tertiary alicyclic amines) is 1. The van der Waals surface area contributed by atoms with E-state index in [9.17, 15) is 24.5 Å². The highest BCUT2D eigenvalue weighted by molar-refractivity contribution is 6.36. The largest absolute Gasteiger partial charge is 0.324 e. The van der Waals surface area contributed by atoms with Crippen molar-refractivity contribution in [3.63, 3.8) is 0 Å². The summed E-state index contributed by atoms with van der Waals surface area (Å²) in [6, 6.07) is 27.9. The van der Waals surface area contributed by atoms with Crippen LogP contribution in [0.25, 0.3) is 0 Å². The quantitative estimate of drug-likeness (QED) is 0.129. The van der Waals surface area contributed by atoms with Gasteiger partial charge in [-0.25, -0.2) is 0 Å². The third-order valence-corrected chi connectivity index (χ3v) is 10.1. The Bertz CT molecular complexity index is 1720. The number of imide groups is 1. The number of hydrogen-bond donors (Lipinski definition) is 1. The molecule has 3 aliphatic carbocycles. The molecule has 8 rings (SSSR count). The highest BCUT2D eigenvalue weighted by Gasteiger charge is 2.73. The number of nitrogens with one attached hydrogen (secondary N) is 1.